The molecule has 0 aliphatic carbocycles. The van der Waals surface area contributed by atoms with Crippen LogP contribution in [-0.2, 0) is 9.53 Å². The van der Waals surface area contributed by atoms with Crippen molar-refractivity contribution in [3.05, 3.63) is 45.6 Å². The van der Waals surface area contributed by atoms with Crippen molar-refractivity contribution in [3.8, 4) is 6.07 Å². The number of nitriles is 1. The predicted molar refractivity (Wildman–Crippen MR) is 100 cm³/mol. The van der Waals surface area contributed by atoms with E-state index in [-0.39, 0.29) is 35.3 Å². The molecule has 0 saturated heterocycles. The predicted octanol–water partition coefficient (Wildman–Crippen LogP) is 3.87. The number of rotatable bonds is 7. The van der Waals surface area contributed by atoms with Crippen molar-refractivity contribution in [2.75, 3.05) is 11.9 Å². The first kappa shape index (κ1) is 20.3. The maximum atomic E-state index is 12.2. The summed E-state index contributed by atoms with van der Waals surface area (Å²) in [6.07, 6.45) is 0.766. The minimum atomic E-state index is -0.691. The van der Waals surface area contributed by atoms with E-state index in [1.165, 1.54) is 0 Å². The SMILES string of the molecule is CCOC(=O)c1c(Nc2cccc(Cl)c2)oc(/C=N\NC(=O)CC#N)c1Cl. The van der Waals surface area contributed by atoms with Crippen LogP contribution in [0.2, 0.25) is 10.0 Å². The van der Waals surface area contributed by atoms with E-state index in [0.717, 1.165) is 6.21 Å². The summed E-state index contributed by atoms with van der Waals surface area (Å²) < 4.78 is 10.5. The standard InChI is InChI=1S/C17H14Cl2N4O4/c1-2-26-17(25)14-15(19)12(9-21-23-13(24)6-7-20)27-16(14)22-11-5-3-4-10(18)8-11/h3-5,8-9,22H,2,6H2,1H3,(H,23,24)/b21-9-. The molecule has 0 saturated carbocycles. The topological polar surface area (TPSA) is 117 Å². The van der Waals surface area contributed by atoms with Crippen LogP contribution in [0.3, 0.4) is 0 Å². The van der Waals surface area contributed by atoms with Gasteiger partial charge in [-0.1, -0.05) is 29.3 Å². The Labute approximate surface area is 164 Å². The zero-order chi connectivity index (χ0) is 19.8. The van der Waals surface area contributed by atoms with Gasteiger partial charge in [-0.3, -0.25) is 4.79 Å². The molecule has 0 atom stereocenters. The minimum Gasteiger partial charge on any atom is -0.462 e. The summed E-state index contributed by atoms with van der Waals surface area (Å²) in [6, 6.07) is 8.43. The van der Waals surface area contributed by atoms with E-state index in [1.807, 2.05) is 0 Å². The summed E-state index contributed by atoms with van der Waals surface area (Å²) in [5.74, 6) is -1.24. The second kappa shape index (κ2) is 9.62. The summed E-state index contributed by atoms with van der Waals surface area (Å²) in [7, 11) is 0. The van der Waals surface area contributed by atoms with Crippen LogP contribution in [0.4, 0.5) is 11.6 Å². The Morgan fingerprint density at radius 1 is 1.41 bits per heavy atom. The molecular formula is C17H14Cl2N4O4. The number of hydrogen-bond acceptors (Lipinski definition) is 7. The summed E-state index contributed by atoms with van der Waals surface area (Å²) >= 11 is 12.2. The molecule has 0 aliphatic rings. The molecule has 27 heavy (non-hydrogen) atoms. The van der Waals surface area contributed by atoms with Crippen molar-refractivity contribution in [2.24, 2.45) is 5.10 Å². The summed E-state index contributed by atoms with van der Waals surface area (Å²) in [5, 5.41) is 15.4. The molecule has 1 aromatic carbocycles. The molecule has 0 radical (unpaired) electrons. The maximum absolute atomic E-state index is 12.2. The number of halogens is 2. The number of anilines is 2. The van der Waals surface area contributed by atoms with Crippen molar-refractivity contribution in [2.45, 2.75) is 13.3 Å². The monoisotopic (exact) mass is 408 g/mol. The lowest BCUT2D eigenvalue weighted by Crippen LogP contribution is -2.16. The molecule has 0 aliphatic heterocycles. The Balaban J connectivity index is 2.33. The summed E-state index contributed by atoms with van der Waals surface area (Å²) in [6.45, 7) is 1.80. The number of benzene rings is 1. The van der Waals surface area contributed by atoms with Crippen LogP contribution in [0.5, 0.6) is 0 Å². The smallest absolute Gasteiger partial charge is 0.345 e. The molecule has 0 unspecified atom stereocenters. The molecule has 2 rings (SSSR count). The number of hydrazone groups is 1. The van der Waals surface area contributed by atoms with Crippen molar-refractivity contribution >= 4 is 52.9 Å². The van der Waals surface area contributed by atoms with E-state index >= 15 is 0 Å². The van der Waals surface area contributed by atoms with Gasteiger partial charge in [-0.05, 0) is 25.1 Å². The van der Waals surface area contributed by atoms with Gasteiger partial charge in [0.25, 0.3) is 5.91 Å². The summed E-state index contributed by atoms with van der Waals surface area (Å²) in [4.78, 5) is 23.5. The number of carbonyl (C=O) groups is 2. The molecule has 10 heteroatoms. The van der Waals surface area contributed by atoms with Gasteiger partial charge in [-0.2, -0.15) is 10.4 Å². The quantitative estimate of drug-likeness (QED) is 0.407. The zero-order valence-corrected chi connectivity index (χ0v) is 15.6. The van der Waals surface area contributed by atoms with Crippen LogP contribution in [0.25, 0.3) is 0 Å². The number of nitrogens with zero attached hydrogens (tertiary/aromatic N) is 2. The second-order valence-corrected chi connectivity index (χ2v) is 5.78. The van der Waals surface area contributed by atoms with Crippen molar-refractivity contribution in [1.82, 2.24) is 5.43 Å². The minimum absolute atomic E-state index is 0.0153. The first-order chi connectivity index (χ1) is 13.0. The fourth-order valence-electron chi connectivity index (χ4n) is 1.96. The zero-order valence-electron chi connectivity index (χ0n) is 14.1. The van der Waals surface area contributed by atoms with Gasteiger partial charge in [0.15, 0.2) is 5.76 Å². The van der Waals surface area contributed by atoms with Gasteiger partial charge in [-0.25, -0.2) is 10.2 Å². The third-order valence-corrected chi connectivity index (χ3v) is 3.66. The highest BCUT2D eigenvalue weighted by Gasteiger charge is 2.25. The van der Waals surface area contributed by atoms with Gasteiger partial charge in [0.2, 0.25) is 5.88 Å². The molecule has 0 spiro atoms. The van der Waals surface area contributed by atoms with Gasteiger partial charge >= 0.3 is 5.97 Å². The van der Waals surface area contributed by atoms with Crippen molar-refractivity contribution in [1.29, 1.82) is 5.26 Å². The number of esters is 1. The van der Waals surface area contributed by atoms with Gasteiger partial charge in [0, 0.05) is 10.7 Å². The van der Waals surface area contributed by atoms with E-state index < -0.39 is 11.9 Å². The number of hydrogen-bond donors (Lipinski definition) is 2. The number of ether oxygens (including phenoxy) is 1. The molecule has 2 aromatic rings. The van der Waals surface area contributed by atoms with E-state index in [1.54, 1.807) is 37.3 Å². The largest absolute Gasteiger partial charge is 0.462 e. The van der Waals surface area contributed by atoms with Gasteiger partial charge in [0.1, 0.15) is 17.0 Å². The average Bonchev–Trinajstić information content (AvgIpc) is 2.91. The normalized spacial score (nSPS) is 10.4. The van der Waals surface area contributed by atoms with Crippen molar-refractivity contribution < 1.29 is 18.7 Å². The lowest BCUT2D eigenvalue weighted by molar-refractivity contribution is -0.120. The number of carbonyl (C=O) groups excluding carboxylic acids is 2. The number of amides is 1. The number of furan rings is 1. The second-order valence-electron chi connectivity index (χ2n) is 4.97. The lowest BCUT2D eigenvalue weighted by Gasteiger charge is -2.06. The third-order valence-electron chi connectivity index (χ3n) is 3.05. The van der Waals surface area contributed by atoms with Crippen LogP contribution in [0.15, 0.2) is 33.8 Å². The molecule has 1 amide bonds. The van der Waals surface area contributed by atoms with Crippen molar-refractivity contribution in [3.63, 3.8) is 0 Å². The highest BCUT2D eigenvalue weighted by Crippen LogP contribution is 2.34. The average molecular weight is 409 g/mol. The number of nitrogens with one attached hydrogen (secondary N) is 2. The first-order valence-electron chi connectivity index (χ1n) is 7.67. The van der Waals surface area contributed by atoms with Gasteiger partial charge < -0.3 is 14.5 Å². The van der Waals surface area contributed by atoms with Crippen LogP contribution < -0.4 is 10.7 Å². The first-order valence-corrected chi connectivity index (χ1v) is 8.42. The molecule has 8 nitrogen and oxygen atoms in total. The fraction of sp³-hybridized carbons (Fsp3) is 0.176. The maximum Gasteiger partial charge on any atom is 0.345 e. The molecule has 1 heterocycles. The van der Waals surface area contributed by atoms with E-state index in [9.17, 15) is 9.59 Å². The van der Waals surface area contributed by atoms with Crippen LogP contribution in [0.1, 0.15) is 29.5 Å². The molecule has 2 N–H and O–H groups in total. The van der Waals surface area contributed by atoms with Gasteiger partial charge in [-0.15, -0.1) is 0 Å². The molecule has 0 bridgehead atoms. The fourth-order valence-corrected chi connectivity index (χ4v) is 2.40. The summed E-state index contributed by atoms with van der Waals surface area (Å²) in [5.41, 5.74) is 2.67. The van der Waals surface area contributed by atoms with Gasteiger partial charge in [0.05, 0.1) is 18.9 Å². The molecule has 0 fully saturated rings. The molecule has 140 valence electrons. The van der Waals surface area contributed by atoms with E-state index in [4.69, 9.17) is 37.6 Å². The van der Waals surface area contributed by atoms with E-state index in [2.05, 4.69) is 15.8 Å². The van der Waals surface area contributed by atoms with Crippen LogP contribution in [-0.4, -0.2) is 24.7 Å². The Bertz CT molecular complexity index is 918. The molecular weight excluding hydrogens is 395 g/mol. The Hall–Kier alpha value is -3.02. The van der Waals surface area contributed by atoms with Crippen LogP contribution in [0, 0.1) is 11.3 Å². The van der Waals surface area contributed by atoms with Crippen LogP contribution >= 0.6 is 23.2 Å². The Kier molecular flexibility index (Phi) is 7.23. The Morgan fingerprint density at radius 3 is 2.85 bits per heavy atom. The Morgan fingerprint density at radius 2 is 2.19 bits per heavy atom. The molecule has 1 aromatic heterocycles. The van der Waals surface area contributed by atoms with E-state index in [0.29, 0.717) is 10.7 Å². The third kappa shape index (κ3) is 5.48. The highest BCUT2D eigenvalue weighted by atomic mass is 35.5. The highest BCUT2D eigenvalue weighted by molar-refractivity contribution is 6.36. The lowest BCUT2D eigenvalue weighted by atomic mass is 10.2.